The van der Waals surface area contributed by atoms with Gasteiger partial charge in [-0.25, -0.2) is 0 Å². The van der Waals surface area contributed by atoms with Crippen molar-refractivity contribution in [3.63, 3.8) is 0 Å². The number of nitrogens with one attached hydrogen (secondary N) is 1. The predicted octanol–water partition coefficient (Wildman–Crippen LogP) is 2.45. The van der Waals surface area contributed by atoms with E-state index in [0.29, 0.717) is 0 Å². The first-order valence-electron chi connectivity index (χ1n) is 6.64. The second-order valence-electron chi connectivity index (χ2n) is 5.08. The molecule has 1 unspecified atom stereocenters. The highest BCUT2D eigenvalue weighted by molar-refractivity contribution is 5.32. The normalized spacial score (nSPS) is 12.2. The van der Waals surface area contributed by atoms with E-state index in [9.17, 15) is 0 Å². The first-order valence-corrected chi connectivity index (χ1v) is 6.64. The number of aryl methyl sites for hydroxylation is 2. The lowest BCUT2D eigenvalue weighted by molar-refractivity contribution is 0.410. The third kappa shape index (κ3) is 3.56. The summed E-state index contributed by atoms with van der Waals surface area (Å²) in [6, 6.07) is 8.51. The summed E-state index contributed by atoms with van der Waals surface area (Å²) in [5.74, 6) is 6.44. The summed E-state index contributed by atoms with van der Waals surface area (Å²) in [6.07, 6.45) is 4.32. The van der Waals surface area contributed by atoms with E-state index in [1.807, 2.05) is 12.3 Å². The Morgan fingerprint density at radius 2 is 1.85 bits per heavy atom. The minimum Gasteiger partial charge on any atom is -0.495 e. The van der Waals surface area contributed by atoms with Crippen molar-refractivity contribution in [2.24, 2.45) is 5.84 Å². The molecule has 4 nitrogen and oxygen atoms in total. The van der Waals surface area contributed by atoms with Crippen LogP contribution in [0.25, 0.3) is 0 Å². The summed E-state index contributed by atoms with van der Waals surface area (Å²) in [4.78, 5) is 4.18. The minimum atomic E-state index is 0.0128. The number of aromatic nitrogens is 1. The molecular weight excluding hydrogens is 250 g/mol. The largest absolute Gasteiger partial charge is 0.495 e. The van der Waals surface area contributed by atoms with E-state index < -0.39 is 0 Å². The van der Waals surface area contributed by atoms with Crippen LogP contribution in [0.15, 0.2) is 36.7 Å². The van der Waals surface area contributed by atoms with Gasteiger partial charge in [0.2, 0.25) is 0 Å². The Morgan fingerprint density at radius 3 is 2.45 bits per heavy atom. The summed E-state index contributed by atoms with van der Waals surface area (Å²) in [5, 5.41) is 0. The highest BCUT2D eigenvalue weighted by Gasteiger charge is 2.12. The molecule has 0 bridgehead atoms. The van der Waals surface area contributed by atoms with Crippen LogP contribution in [0.3, 0.4) is 0 Å². The molecule has 0 amide bonds. The molecule has 1 aromatic heterocycles. The maximum atomic E-state index is 5.70. The van der Waals surface area contributed by atoms with Gasteiger partial charge in [0.1, 0.15) is 5.75 Å². The highest BCUT2D eigenvalue weighted by Crippen LogP contribution is 2.21. The number of nitrogens with two attached hydrogens (primary N) is 1. The van der Waals surface area contributed by atoms with Gasteiger partial charge in [0.15, 0.2) is 0 Å². The lowest BCUT2D eigenvalue weighted by Gasteiger charge is -2.17. The van der Waals surface area contributed by atoms with E-state index >= 15 is 0 Å². The van der Waals surface area contributed by atoms with Crippen LogP contribution < -0.4 is 16.0 Å². The monoisotopic (exact) mass is 271 g/mol. The molecule has 2 aromatic rings. The van der Waals surface area contributed by atoms with Crippen LogP contribution in [0.5, 0.6) is 5.75 Å². The number of rotatable bonds is 5. The number of pyridine rings is 1. The predicted molar refractivity (Wildman–Crippen MR) is 80.5 cm³/mol. The topological polar surface area (TPSA) is 60.2 Å². The molecule has 0 radical (unpaired) electrons. The van der Waals surface area contributed by atoms with Gasteiger partial charge < -0.3 is 4.74 Å². The van der Waals surface area contributed by atoms with Crippen molar-refractivity contribution in [1.29, 1.82) is 0 Å². The van der Waals surface area contributed by atoms with Crippen LogP contribution in [0.2, 0.25) is 0 Å². The number of nitrogens with zero attached hydrogens (tertiary/aromatic N) is 1. The Morgan fingerprint density at radius 1 is 1.15 bits per heavy atom. The second-order valence-corrected chi connectivity index (χ2v) is 5.08. The summed E-state index contributed by atoms with van der Waals surface area (Å²) < 4.78 is 5.21. The van der Waals surface area contributed by atoms with Gasteiger partial charge in [-0.05, 0) is 37.5 Å². The molecule has 106 valence electrons. The van der Waals surface area contributed by atoms with Gasteiger partial charge >= 0.3 is 0 Å². The molecule has 0 spiro atoms. The summed E-state index contributed by atoms with van der Waals surface area (Å²) in [7, 11) is 1.63. The molecule has 1 heterocycles. The maximum Gasteiger partial charge on any atom is 0.137 e. The van der Waals surface area contributed by atoms with E-state index in [2.05, 4.69) is 42.5 Å². The molecule has 20 heavy (non-hydrogen) atoms. The molecule has 3 N–H and O–H groups in total. The molecule has 0 fully saturated rings. The quantitative estimate of drug-likeness (QED) is 0.648. The van der Waals surface area contributed by atoms with E-state index in [4.69, 9.17) is 10.6 Å². The SMILES string of the molecule is COc1cncc(C(Cc2cc(C)cc(C)c2)NN)c1. The zero-order chi connectivity index (χ0) is 14.5. The second kappa shape index (κ2) is 6.50. The molecule has 0 aliphatic carbocycles. The van der Waals surface area contributed by atoms with Gasteiger partial charge in [0.05, 0.1) is 19.3 Å². The number of ether oxygens (including phenoxy) is 1. The molecule has 2 rings (SSSR count). The van der Waals surface area contributed by atoms with Crippen LogP contribution in [-0.4, -0.2) is 12.1 Å². The number of hydrazine groups is 1. The van der Waals surface area contributed by atoms with Crippen molar-refractivity contribution < 1.29 is 4.74 Å². The van der Waals surface area contributed by atoms with Gasteiger partial charge in [-0.1, -0.05) is 29.3 Å². The fraction of sp³-hybridized carbons (Fsp3) is 0.312. The van der Waals surface area contributed by atoms with Crippen LogP contribution in [0.4, 0.5) is 0 Å². The van der Waals surface area contributed by atoms with Gasteiger partial charge in [0.25, 0.3) is 0 Å². The first-order chi connectivity index (χ1) is 9.62. The first kappa shape index (κ1) is 14.5. The molecule has 1 atom stereocenters. The Labute approximate surface area is 120 Å². The smallest absolute Gasteiger partial charge is 0.137 e. The Bertz CT molecular complexity index is 563. The van der Waals surface area contributed by atoms with E-state index in [1.165, 1.54) is 16.7 Å². The van der Waals surface area contributed by atoms with Crippen molar-refractivity contribution in [2.45, 2.75) is 26.3 Å². The van der Waals surface area contributed by atoms with Crippen molar-refractivity contribution in [1.82, 2.24) is 10.4 Å². The average Bonchev–Trinajstić information content (AvgIpc) is 2.44. The van der Waals surface area contributed by atoms with E-state index in [1.54, 1.807) is 13.3 Å². The van der Waals surface area contributed by atoms with Crippen LogP contribution in [0.1, 0.15) is 28.3 Å². The van der Waals surface area contributed by atoms with Crippen molar-refractivity contribution in [2.75, 3.05) is 7.11 Å². The van der Waals surface area contributed by atoms with Crippen molar-refractivity contribution >= 4 is 0 Å². The molecule has 0 saturated heterocycles. The summed E-state index contributed by atoms with van der Waals surface area (Å²) in [5.41, 5.74) is 7.67. The van der Waals surface area contributed by atoms with Crippen molar-refractivity contribution in [3.05, 3.63) is 58.9 Å². The minimum absolute atomic E-state index is 0.0128. The van der Waals surface area contributed by atoms with Crippen LogP contribution in [-0.2, 0) is 6.42 Å². The van der Waals surface area contributed by atoms with Crippen LogP contribution >= 0.6 is 0 Å². The zero-order valence-electron chi connectivity index (χ0n) is 12.2. The zero-order valence-corrected chi connectivity index (χ0v) is 12.2. The Hall–Kier alpha value is -1.91. The van der Waals surface area contributed by atoms with E-state index in [-0.39, 0.29) is 6.04 Å². The Kier molecular flexibility index (Phi) is 4.71. The fourth-order valence-electron chi connectivity index (χ4n) is 2.43. The highest BCUT2D eigenvalue weighted by atomic mass is 16.5. The standard InChI is InChI=1S/C16H21N3O/c1-11-4-12(2)6-13(5-11)7-16(19-17)14-8-15(20-3)10-18-9-14/h4-6,8-10,16,19H,7,17H2,1-3H3. The number of methoxy groups -OCH3 is 1. The van der Waals surface area contributed by atoms with Crippen LogP contribution in [0, 0.1) is 13.8 Å². The third-order valence-corrected chi connectivity index (χ3v) is 3.29. The number of benzene rings is 1. The number of hydrogen-bond donors (Lipinski definition) is 2. The lowest BCUT2D eigenvalue weighted by Crippen LogP contribution is -2.29. The van der Waals surface area contributed by atoms with Gasteiger partial charge in [-0.3, -0.25) is 16.3 Å². The summed E-state index contributed by atoms with van der Waals surface area (Å²) >= 11 is 0. The molecule has 0 aliphatic heterocycles. The Balaban J connectivity index is 2.23. The molecule has 4 heteroatoms. The van der Waals surface area contributed by atoms with Gasteiger partial charge in [-0.2, -0.15) is 0 Å². The maximum absolute atomic E-state index is 5.70. The molecule has 1 aromatic carbocycles. The van der Waals surface area contributed by atoms with Gasteiger partial charge in [-0.15, -0.1) is 0 Å². The third-order valence-electron chi connectivity index (χ3n) is 3.29. The molecular formula is C16H21N3O. The average molecular weight is 271 g/mol. The fourth-order valence-corrected chi connectivity index (χ4v) is 2.43. The van der Waals surface area contributed by atoms with E-state index in [0.717, 1.165) is 17.7 Å². The number of hydrogen-bond acceptors (Lipinski definition) is 4. The summed E-state index contributed by atoms with van der Waals surface area (Å²) in [6.45, 7) is 4.21. The van der Waals surface area contributed by atoms with Gasteiger partial charge in [0, 0.05) is 6.20 Å². The molecule has 0 saturated carbocycles. The molecule has 0 aliphatic rings. The van der Waals surface area contributed by atoms with Crippen molar-refractivity contribution in [3.8, 4) is 5.75 Å². The lowest BCUT2D eigenvalue weighted by atomic mass is 9.98.